The van der Waals surface area contributed by atoms with Crippen molar-refractivity contribution < 1.29 is 9.59 Å². The van der Waals surface area contributed by atoms with Crippen LogP contribution in [0.3, 0.4) is 0 Å². The van der Waals surface area contributed by atoms with E-state index in [-0.39, 0.29) is 11.8 Å². The summed E-state index contributed by atoms with van der Waals surface area (Å²) in [4.78, 5) is 34.5. The third kappa shape index (κ3) is 4.85. The molecule has 3 heterocycles. The minimum atomic E-state index is 0.00871. The number of hydrogen-bond donors (Lipinski definition) is 1. The lowest BCUT2D eigenvalue weighted by atomic mass is 10.1. The van der Waals surface area contributed by atoms with Gasteiger partial charge in [0.05, 0.1) is 11.1 Å². The Labute approximate surface area is 211 Å². The van der Waals surface area contributed by atoms with Gasteiger partial charge in [-0.3, -0.25) is 14.7 Å². The van der Waals surface area contributed by atoms with Crippen molar-refractivity contribution in [3.8, 4) is 11.8 Å². The van der Waals surface area contributed by atoms with Gasteiger partial charge in [-0.25, -0.2) is 0 Å². The number of amides is 2. The number of aromatic amines is 1. The Hall–Kier alpha value is -3.67. The summed E-state index contributed by atoms with van der Waals surface area (Å²) in [5.41, 5.74) is 3.31. The number of nitrogens with one attached hydrogen (secondary N) is 1. The number of likely N-dealkylation sites (N-methyl/N-ethyl adjacent to an activating group) is 2. The standard InChI is InChI=1S/C28H32N6O2/c1-31(2)22-12-13-34(19-22)27(35)21-9-11-26-24(18-21)25(29-30-26)10-8-20-6-4-5-7-23(20)28(36)33-16-14-32(3)15-17-33/h4-7,9,11,18,22H,12-17,19H2,1-3H3,(H,29,30)/t22-/m1/s1. The number of carbonyl (C=O) groups is 2. The molecule has 5 rings (SSSR count). The van der Waals surface area contributed by atoms with Crippen molar-refractivity contribution >= 4 is 22.7 Å². The van der Waals surface area contributed by atoms with Gasteiger partial charge < -0.3 is 19.6 Å². The van der Waals surface area contributed by atoms with E-state index in [1.54, 1.807) is 0 Å². The highest BCUT2D eigenvalue weighted by Gasteiger charge is 2.28. The summed E-state index contributed by atoms with van der Waals surface area (Å²) < 4.78 is 0. The molecule has 1 atom stereocenters. The average Bonchev–Trinajstić information content (AvgIpc) is 3.55. The Morgan fingerprint density at radius 2 is 1.75 bits per heavy atom. The first-order chi connectivity index (χ1) is 17.4. The molecule has 36 heavy (non-hydrogen) atoms. The number of aromatic nitrogens is 2. The van der Waals surface area contributed by atoms with E-state index in [0.717, 1.165) is 43.5 Å². The van der Waals surface area contributed by atoms with Crippen molar-refractivity contribution in [1.29, 1.82) is 0 Å². The van der Waals surface area contributed by atoms with Crippen LogP contribution in [0.25, 0.3) is 10.9 Å². The highest BCUT2D eigenvalue weighted by atomic mass is 16.2. The molecule has 0 radical (unpaired) electrons. The number of nitrogens with zero attached hydrogens (tertiary/aromatic N) is 5. The largest absolute Gasteiger partial charge is 0.337 e. The molecule has 0 spiro atoms. The zero-order valence-electron chi connectivity index (χ0n) is 21.1. The quantitative estimate of drug-likeness (QED) is 0.577. The average molecular weight is 485 g/mol. The van der Waals surface area contributed by atoms with Gasteiger partial charge in [0.25, 0.3) is 11.8 Å². The van der Waals surface area contributed by atoms with Gasteiger partial charge >= 0.3 is 0 Å². The van der Waals surface area contributed by atoms with Gasteiger partial charge in [0, 0.05) is 61.8 Å². The summed E-state index contributed by atoms with van der Waals surface area (Å²) >= 11 is 0. The van der Waals surface area contributed by atoms with Crippen molar-refractivity contribution in [1.82, 2.24) is 29.8 Å². The van der Waals surface area contributed by atoms with Gasteiger partial charge in [-0.15, -0.1) is 0 Å². The van der Waals surface area contributed by atoms with Crippen LogP contribution in [0.15, 0.2) is 42.5 Å². The predicted octanol–water partition coefficient (Wildman–Crippen LogP) is 2.13. The first-order valence-electron chi connectivity index (χ1n) is 12.4. The molecule has 2 aromatic carbocycles. The Kier molecular flexibility index (Phi) is 6.77. The first-order valence-corrected chi connectivity index (χ1v) is 12.4. The van der Waals surface area contributed by atoms with Crippen LogP contribution >= 0.6 is 0 Å². The molecule has 2 amide bonds. The van der Waals surface area contributed by atoms with Crippen LogP contribution in [0.2, 0.25) is 0 Å². The summed E-state index contributed by atoms with van der Waals surface area (Å²) in [6.07, 6.45) is 0.982. The number of likely N-dealkylation sites (tertiary alicyclic amines) is 1. The van der Waals surface area contributed by atoms with Gasteiger partial charge in [-0.05, 0) is 63.8 Å². The number of fused-ring (bicyclic) bond motifs is 1. The maximum atomic E-state index is 13.2. The molecule has 0 unspecified atom stereocenters. The van der Waals surface area contributed by atoms with E-state index >= 15 is 0 Å². The summed E-state index contributed by atoms with van der Waals surface area (Å²) in [7, 11) is 6.18. The summed E-state index contributed by atoms with van der Waals surface area (Å²) in [5.74, 6) is 6.35. The normalized spacial score (nSPS) is 18.5. The molecule has 0 saturated carbocycles. The molecule has 0 aliphatic carbocycles. The zero-order chi connectivity index (χ0) is 25.2. The van der Waals surface area contributed by atoms with Crippen molar-refractivity contribution in [3.05, 3.63) is 64.8 Å². The van der Waals surface area contributed by atoms with E-state index in [1.165, 1.54) is 0 Å². The molecular weight excluding hydrogens is 452 g/mol. The molecule has 186 valence electrons. The monoisotopic (exact) mass is 484 g/mol. The van der Waals surface area contributed by atoms with Crippen LogP contribution in [0, 0.1) is 11.8 Å². The maximum absolute atomic E-state index is 13.2. The second-order valence-corrected chi connectivity index (χ2v) is 9.88. The van der Waals surface area contributed by atoms with Crippen molar-refractivity contribution in [2.75, 3.05) is 60.4 Å². The van der Waals surface area contributed by atoms with Gasteiger partial charge in [0.2, 0.25) is 0 Å². The number of hydrogen-bond acceptors (Lipinski definition) is 5. The van der Waals surface area contributed by atoms with E-state index < -0.39 is 0 Å². The minimum Gasteiger partial charge on any atom is -0.337 e. The van der Waals surface area contributed by atoms with Crippen molar-refractivity contribution in [2.24, 2.45) is 0 Å². The van der Waals surface area contributed by atoms with Crippen LogP contribution in [0.1, 0.15) is 38.4 Å². The van der Waals surface area contributed by atoms with Crippen molar-refractivity contribution in [2.45, 2.75) is 12.5 Å². The summed E-state index contributed by atoms with van der Waals surface area (Å²) in [5, 5.41) is 8.20. The second kappa shape index (κ2) is 10.1. The lowest BCUT2D eigenvalue weighted by Crippen LogP contribution is -2.47. The first kappa shape index (κ1) is 24.0. The van der Waals surface area contributed by atoms with E-state index in [2.05, 4.69) is 53.0 Å². The summed E-state index contributed by atoms with van der Waals surface area (Å²) in [6, 6.07) is 13.4. The fraction of sp³-hybridized carbons (Fsp3) is 0.393. The number of piperazine rings is 1. The fourth-order valence-electron chi connectivity index (χ4n) is 4.86. The van der Waals surface area contributed by atoms with Gasteiger partial charge in [0.15, 0.2) is 0 Å². The van der Waals surface area contributed by atoms with Crippen LogP contribution in [0.4, 0.5) is 0 Å². The third-order valence-corrected chi connectivity index (χ3v) is 7.25. The van der Waals surface area contributed by atoms with Crippen LogP contribution in [-0.2, 0) is 0 Å². The maximum Gasteiger partial charge on any atom is 0.255 e. The zero-order valence-corrected chi connectivity index (χ0v) is 21.1. The van der Waals surface area contributed by atoms with Crippen molar-refractivity contribution in [3.63, 3.8) is 0 Å². The lowest BCUT2D eigenvalue weighted by Gasteiger charge is -2.32. The molecule has 2 saturated heterocycles. The minimum absolute atomic E-state index is 0.00871. The third-order valence-electron chi connectivity index (χ3n) is 7.25. The fourth-order valence-corrected chi connectivity index (χ4v) is 4.86. The molecule has 2 fully saturated rings. The van der Waals surface area contributed by atoms with E-state index in [9.17, 15) is 9.59 Å². The number of benzene rings is 2. The smallest absolute Gasteiger partial charge is 0.255 e. The molecule has 1 aromatic heterocycles. The molecule has 0 bridgehead atoms. The van der Waals surface area contributed by atoms with Crippen LogP contribution in [-0.4, -0.2) is 108 Å². The number of carbonyl (C=O) groups excluding carboxylic acids is 2. The summed E-state index contributed by atoms with van der Waals surface area (Å²) in [6.45, 7) is 4.66. The number of rotatable bonds is 3. The Morgan fingerprint density at radius 3 is 2.50 bits per heavy atom. The molecule has 8 heteroatoms. The molecule has 8 nitrogen and oxygen atoms in total. The van der Waals surface area contributed by atoms with Crippen LogP contribution < -0.4 is 0 Å². The lowest BCUT2D eigenvalue weighted by molar-refractivity contribution is 0.0663. The van der Waals surface area contributed by atoms with Gasteiger partial charge in [-0.2, -0.15) is 5.10 Å². The Balaban J connectivity index is 1.39. The molecular formula is C28H32N6O2. The molecule has 2 aliphatic heterocycles. The van der Waals surface area contributed by atoms with E-state index in [1.807, 2.05) is 52.3 Å². The van der Waals surface area contributed by atoms with E-state index in [4.69, 9.17) is 0 Å². The molecule has 2 aliphatic rings. The SMILES string of the molecule is CN1CCN(C(=O)c2ccccc2C#Cc2n[nH]c3ccc(C(=O)N4CC[C@@H](N(C)C)C4)cc23)CC1. The van der Waals surface area contributed by atoms with Gasteiger partial charge in [-0.1, -0.05) is 18.1 Å². The molecule has 1 N–H and O–H groups in total. The topological polar surface area (TPSA) is 75.8 Å². The van der Waals surface area contributed by atoms with Gasteiger partial charge in [0.1, 0.15) is 5.69 Å². The Bertz CT molecular complexity index is 1340. The Morgan fingerprint density at radius 1 is 0.972 bits per heavy atom. The highest BCUT2D eigenvalue weighted by molar-refractivity contribution is 5.99. The number of H-pyrrole nitrogens is 1. The van der Waals surface area contributed by atoms with Crippen LogP contribution in [0.5, 0.6) is 0 Å². The van der Waals surface area contributed by atoms with E-state index in [0.29, 0.717) is 41.5 Å². The highest BCUT2D eigenvalue weighted by Crippen LogP contribution is 2.21. The second-order valence-electron chi connectivity index (χ2n) is 9.88. The predicted molar refractivity (Wildman–Crippen MR) is 140 cm³/mol. The molecule has 3 aromatic rings.